The Labute approximate surface area is 135 Å². The Morgan fingerprint density at radius 3 is 1.82 bits per heavy atom. The lowest BCUT2D eigenvalue weighted by molar-refractivity contribution is -0.222. The number of hydrogen-bond donors (Lipinski definition) is 0. The van der Waals surface area contributed by atoms with Crippen LogP contribution in [0.3, 0.4) is 0 Å². The minimum Gasteiger partial charge on any atom is -0.287 e. The van der Waals surface area contributed by atoms with Crippen LogP contribution >= 0.6 is 0 Å². The topological polar surface area (TPSA) is 18.5 Å². The van der Waals surface area contributed by atoms with Crippen LogP contribution < -0.4 is 0 Å². The fourth-order valence-electron chi connectivity index (χ4n) is 2.50. The monoisotopic (exact) mass is 314 g/mol. The number of rotatable bonds is 7. The second-order valence-electron chi connectivity index (χ2n) is 6.70. The van der Waals surface area contributed by atoms with E-state index in [1.807, 2.05) is 6.07 Å². The average Bonchev–Trinajstić information content (AvgIpc) is 2.52. The minimum absolute atomic E-state index is 0.278. The molecule has 3 heteroatoms. The van der Waals surface area contributed by atoms with Crippen molar-refractivity contribution >= 4 is 8.32 Å². The molecule has 0 radical (unpaired) electrons. The van der Waals surface area contributed by atoms with Gasteiger partial charge in [-0.05, 0) is 36.7 Å². The van der Waals surface area contributed by atoms with Crippen molar-refractivity contribution in [2.45, 2.75) is 38.4 Å². The van der Waals surface area contributed by atoms with Crippen LogP contribution in [0.15, 0.2) is 60.7 Å². The van der Waals surface area contributed by atoms with Gasteiger partial charge in [0.25, 0.3) is 0 Å². The summed E-state index contributed by atoms with van der Waals surface area (Å²) in [5, 5.41) is 0. The van der Waals surface area contributed by atoms with Crippen LogP contribution in [-0.4, -0.2) is 14.9 Å². The molecule has 2 atom stereocenters. The summed E-state index contributed by atoms with van der Waals surface area (Å²) in [6, 6.07) is 21.1. The third-order valence-electron chi connectivity index (χ3n) is 3.71. The van der Waals surface area contributed by atoms with Crippen LogP contribution in [0.5, 0.6) is 0 Å². The summed E-state index contributed by atoms with van der Waals surface area (Å²) < 4.78 is 5.61. The lowest BCUT2D eigenvalue weighted by Gasteiger charge is -2.26. The Bertz CT molecular complexity index is 549. The molecule has 2 aromatic carbocycles. The molecule has 0 spiro atoms. The van der Waals surface area contributed by atoms with E-state index in [1.54, 1.807) is 0 Å². The molecule has 118 valence electrons. The zero-order valence-electron chi connectivity index (χ0n) is 14.0. The Hall–Kier alpha value is -1.42. The summed E-state index contributed by atoms with van der Waals surface area (Å²) in [5.41, 5.74) is 2.62. The van der Waals surface area contributed by atoms with Crippen molar-refractivity contribution in [3.05, 3.63) is 71.8 Å². The summed E-state index contributed by atoms with van der Waals surface area (Å²) in [7, 11) is -1.66. The van der Waals surface area contributed by atoms with Gasteiger partial charge >= 0.3 is 0 Å². The number of benzene rings is 2. The van der Waals surface area contributed by atoms with Crippen molar-refractivity contribution < 1.29 is 9.46 Å². The van der Waals surface area contributed by atoms with Gasteiger partial charge in [-0.15, -0.1) is 0 Å². The van der Waals surface area contributed by atoms with Gasteiger partial charge in [0.05, 0.1) is 6.61 Å². The summed E-state index contributed by atoms with van der Waals surface area (Å²) in [6.07, 6.45) is 0. The molecule has 0 aliphatic heterocycles. The lowest BCUT2D eigenvalue weighted by atomic mass is 9.83. The van der Waals surface area contributed by atoms with Crippen LogP contribution in [-0.2, 0) is 9.46 Å². The molecule has 2 aromatic rings. The Morgan fingerprint density at radius 2 is 1.32 bits per heavy atom. The quantitative estimate of drug-likeness (QED) is 0.389. The van der Waals surface area contributed by atoms with E-state index in [0.717, 1.165) is 0 Å². The fraction of sp³-hybridized carbons (Fsp3) is 0.368. The SMILES string of the molecule is CC(c1ccccc1)C(COO[Si](C)(C)C)c1ccccc1. The Kier molecular flexibility index (Phi) is 5.95. The molecule has 0 heterocycles. The smallest absolute Gasteiger partial charge is 0.230 e. The summed E-state index contributed by atoms with van der Waals surface area (Å²) >= 11 is 0. The van der Waals surface area contributed by atoms with Crippen molar-refractivity contribution in [2.75, 3.05) is 6.61 Å². The Balaban J connectivity index is 2.15. The van der Waals surface area contributed by atoms with Crippen molar-refractivity contribution in [3.63, 3.8) is 0 Å². The molecule has 0 aromatic heterocycles. The third kappa shape index (κ3) is 5.09. The zero-order valence-corrected chi connectivity index (χ0v) is 15.0. The second-order valence-corrected chi connectivity index (χ2v) is 11.1. The maximum absolute atomic E-state index is 5.62. The first-order valence-electron chi connectivity index (χ1n) is 7.88. The van der Waals surface area contributed by atoms with Crippen LogP contribution in [0, 0.1) is 0 Å². The van der Waals surface area contributed by atoms with Crippen LogP contribution in [0.4, 0.5) is 0 Å². The van der Waals surface area contributed by atoms with Gasteiger partial charge in [-0.3, -0.25) is 4.58 Å². The number of hydrogen-bond acceptors (Lipinski definition) is 2. The van der Waals surface area contributed by atoms with E-state index >= 15 is 0 Å². The second kappa shape index (κ2) is 7.72. The lowest BCUT2D eigenvalue weighted by Crippen LogP contribution is -2.27. The normalized spacial score (nSPS) is 14.5. The largest absolute Gasteiger partial charge is 0.287 e. The molecule has 2 nitrogen and oxygen atoms in total. The van der Waals surface area contributed by atoms with E-state index in [1.165, 1.54) is 11.1 Å². The average molecular weight is 315 g/mol. The Morgan fingerprint density at radius 1 is 0.818 bits per heavy atom. The van der Waals surface area contributed by atoms with Crippen molar-refractivity contribution in [1.29, 1.82) is 0 Å². The third-order valence-corrected chi connectivity index (χ3v) is 4.33. The summed E-state index contributed by atoms with van der Waals surface area (Å²) in [6.45, 7) is 9.22. The molecular weight excluding hydrogens is 288 g/mol. The van der Waals surface area contributed by atoms with Gasteiger partial charge in [-0.2, -0.15) is 0 Å². The van der Waals surface area contributed by atoms with Crippen LogP contribution in [0.2, 0.25) is 19.6 Å². The van der Waals surface area contributed by atoms with E-state index < -0.39 is 8.32 Å². The van der Waals surface area contributed by atoms with Gasteiger partial charge in [0.15, 0.2) is 0 Å². The molecule has 0 fully saturated rings. The molecule has 0 N–H and O–H groups in total. The molecule has 0 aliphatic carbocycles. The van der Waals surface area contributed by atoms with Crippen LogP contribution in [0.1, 0.15) is 29.9 Å². The van der Waals surface area contributed by atoms with Gasteiger partial charge < -0.3 is 0 Å². The van der Waals surface area contributed by atoms with Gasteiger partial charge in [-0.25, -0.2) is 4.89 Å². The first-order chi connectivity index (χ1) is 10.5. The highest BCUT2D eigenvalue weighted by molar-refractivity contribution is 6.69. The first kappa shape index (κ1) is 16.9. The molecule has 22 heavy (non-hydrogen) atoms. The predicted octanol–water partition coefficient (Wildman–Crippen LogP) is 5.36. The molecule has 0 amide bonds. The molecule has 0 saturated carbocycles. The molecular formula is C19H26O2Si. The van der Waals surface area contributed by atoms with Gasteiger partial charge in [0.1, 0.15) is 0 Å². The van der Waals surface area contributed by atoms with Crippen molar-refractivity contribution in [1.82, 2.24) is 0 Å². The van der Waals surface area contributed by atoms with Crippen molar-refractivity contribution in [2.24, 2.45) is 0 Å². The summed E-state index contributed by atoms with van der Waals surface area (Å²) in [4.78, 5) is 5.62. The maximum atomic E-state index is 5.62. The van der Waals surface area contributed by atoms with E-state index in [9.17, 15) is 0 Å². The highest BCUT2D eigenvalue weighted by atomic mass is 28.4. The predicted molar refractivity (Wildman–Crippen MR) is 94.4 cm³/mol. The zero-order chi connectivity index (χ0) is 16.0. The minimum atomic E-state index is -1.66. The molecule has 0 bridgehead atoms. The van der Waals surface area contributed by atoms with Gasteiger partial charge in [0, 0.05) is 5.92 Å². The maximum Gasteiger partial charge on any atom is 0.230 e. The summed E-state index contributed by atoms with van der Waals surface area (Å²) in [5.74, 6) is 0.647. The van der Waals surface area contributed by atoms with E-state index in [-0.39, 0.29) is 5.92 Å². The van der Waals surface area contributed by atoms with E-state index in [4.69, 9.17) is 9.46 Å². The molecule has 0 aliphatic rings. The van der Waals surface area contributed by atoms with Gasteiger partial charge in [0.2, 0.25) is 8.32 Å². The highest BCUT2D eigenvalue weighted by Gasteiger charge is 2.23. The highest BCUT2D eigenvalue weighted by Crippen LogP contribution is 2.33. The standard InChI is InChI=1S/C19H26O2Si/c1-16(17-11-7-5-8-12-17)19(15-20-21-22(2,3)4)18-13-9-6-10-14-18/h5-14,16,19H,15H2,1-4H3. The fourth-order valence-corrected chi connectivity index (χ4v) is 2.92. The van der Waals surface area contributed by atoms with Crippen LogP contribution in [0.25, 0.3) is 0 Å². The molecule has 2 rings (SSSR count). The van der Waals surface area contributed by atoms with E-state index in [2.05, 4.69) is 81.2 Å². The van der Waals surface area contributed by atoms with E-state index in [0.29, 0.717) is 12.5 Å². The van der Waals surface area contributed by atoms with Gasteiger partial charge in [-0.1, -0.05) is 67.6 Å². The first-order valence-corrected chi connectivity index (χ1v) is 11.3. The molecule has 2 unspecified atom stereocenters. The molecule has 0 saturated heterocycles. The van der Waals surface area contributed by atoms with Crippen molar-refractivity contribution in [3.8, 4) is 0 Å².